The topological polar surface area (TPSA) is 55.5 Å². The molecule has 0 aliphatic rings. The second-order valence-corrected chi connectivity index (χ2v) is 3.89. The lowest BCUT2D eigenvalue weighted by Gasteiger charge is -2.16. The molecule has 1 aromatic carbocycles. The van der Waals surface area contributed by atoms with Gasteiger partial charge in [0.15, 0.2) is 0 Å². The zero-order valence-electron chi connectivity index (χ0n) is 8.25. The summed E-state index contributed by atoms with van der Waals surface area (Å²) >= 11 is 3.42. The summed E-state index contributed by atoms with van der Waals surface area (Å²) < 4.78 is 5.97. The molecule has 0 saturated carbocycles. The van der Waals surface area contributed by atoms with E-state index in [2.05, 4.69) is 15.9 Å². The highest BCUT2D eigenvalue weighted by molar-refractivity contribution is 9.10. The van der Waals surface area contributed by atoms with Crippen molar-refractivity contribution < 1.29 is 9.84 Å². The fourth-order valence-corrected chi connectivity index (χ4v) is 2.27. The van der Waals surface area contributed by atoms with E-state index in [1.54, 1.807) is 7.11 Å². The van der Waals surface area contributed by atoms with Crippen LogP contribution < -0.4 is 10.5 Å². The fourth-order valence-electron chi connectivity index (χ4n) is 1.37. The molecule has 0 bridgehead atoms. The van der Waals surface area contributed by atoms with Crippen molar-refractivity contribution in [1.29, 1.82) is 0 Å². The van der Waals surface area contributed by atoms with Gasteiger partial charge in [0.25, 0.3) is 0 Å². The molecule has 0 aliphatic carbocycles. The van der Waals surface area contributed by atoms with Crippen LogP contribution in [-0.4, -0.2) is 18.8 Å². The summed E-state index contributed by atoms with van der Waals surface area (Å²) in [6, 6.07) is 3.42. The third-order valence-electron chi connectivity index (χ3n) is 2.15. The minimum Gasteiger partial charge on any atom is -0.496 e. The quantitative estimate of drug-likeness (QED) is 0.870. The highest BCUT2D eigenvalue weighted by Gasteiger charge is 2.15. The number of hydrogen-bond donors (Lipinski definition) is 2. The van der Waals surface area contributed by atoms with E-state index in [0.717, 1.165) is 21.3 Å². The number of aryl methyl sites for hydroxylation is 1. The van der Waals surface area contributed by atoms with Crippen molar-refractivity contribution in [2.45, 2.75) is 13.0 Å². The number of nitrogens with two attached hydrogens (primary N) is 1. The SMILES string of the molecule is COc1ccc(C)c(C(N)CO)c1Br. The molecule has 0 amide bonds. The van der Waals surface area contributed by atoms with Gasteiger partial charge in [-0.05, 0) is 40.0 Å². The summed E-state index contributed by atoms with van der Waals surface area (Å²) in [4.78, 5) is 0. The first-order valence-corrected chi connectivity index (χ1v) is 5.10. The Bertz CT molecular complexity index is 328. The Kier molecular flexibility index (Phi) is 3.92. The fraction of sp³-hybridized carbons (Fsp3) is 0.400. The molecule has 14 heavy (non-hydrogen) atoms. The minimum absolute atomic E-state index is 0.0768. The zero-order valence-corrected chi connectivity index (χ0v) is 9.84. The van der Waals surface area contributed by atoms with Crippen molar-refractivity contribution >= 4 is 15.9 Å². The largest absolute Gasteiger partial charge is 0.496 e. The van der Waals surface area contributed by atoms with E-state index in [4.69, 9.17) is 15.6 Å². The van der Waals surface area contributed by atoms with Gasteiger partial charge in [0.05, 0.1) is 24.2 Å². The molecule has 1 atom stereocenters. The predicted octanol–water partition coefficient (Wildman–Crippen LogP) is 1.76. The Balaban J connectivity index is 3.25. The van der Waals surface area contributed by atoms with Gasteiger partial charge < -0.3 is 15.6 Å². The summed E-state index contributed by atoms with van der Waals surface area (Å²) in [5.41, 5.74) is 7.72. The van der Waals surface area contributed by atoms with E-state index in [-0.39, 0.29) is 12.6 Å². The second kappa shape index (κ2) is 4.77. The first-order valence-electron chi connectivity index (χ1n) is 4.31. The first-order chi connectivity index (χ1) is 6.61. The molecule has 78 valence electrons. The third kappa shape index (κ3) is 2.08. The van der Waals surface area contributed by atoms with Crippen molar-refractivity contribution in [2.24, 2.45) is 5.73 Å². The van der Waals surface area contributed by atoms with Gasteiger partial charge in [0.2, 0.25) is 0 Å². The average Bonchev–Trinajstić information content (AvgIpc) is 2.18. The molecule has 0 aliphatic heterocycles. The summed E-state index contributed by atoms with van der Waals surface area (Å²) in [5, 5.41) is 9.01. The van der Waals surface area contributed by atoms with E-state index in [9.17, 15) is 0 Å². The maximum Gasteiger partial charge on any atom is 0.133 e. The molecule has 0 saturated heterocycles. The van der Waals surface area contributed by atoms with Gasteiger partial charge in [-0.1, -0.05) is 6.07 Å². The molecule has 1 unspecified atom stereocenters. The van der Waals surface area contributed by atoms with E-state index < -0.39 is 0 Å². The number of rotatable bonds is 3. The van der Waals surface area contributed by atoms with Gasteiger partial charge in [-0.2, -0.15) is 0 Å². The van der Waals surface area contributed by atoms with E-state index in [1.807, 2.05) is 19.1 Å². The van der Waals surface area contributed by atoms with Crippen LogP contribution in [0.3, 0.4) is 0 Å². The molecular weight excluding hydrogens is 246 g/mol. The Morgan fingerprint density at radius 1 is 1.57 bits per heavy atom. The Morgan fingerprint density at radius 2 is 2.21 bits per heavy atom. The highest BCUT2D eigenvalue weighted by Crippen LogP contribution is 2.33. The van der Waals surface area contributed by atoms with Crippen LogP contribution in [0.25, 0.3) is 0 Å². The molecule has 0 radical (unpaired) electrons. The number of halogens is 1. The van der Waals surface area contributed by atoms with Crippen LogP contribution in [0.15, 0.2) is 16.6 Å². The van der Waals surface area contributed by atoms with Crippen LogP contribution in [0.1, 0.15) is 17.2 Å². The molecule has 1 rings (SSSR count). The van der Waals surface area contributed by atoms with Gasteiger partial charge in [-0.25, -0.2) is 0 Å². The molecule has 4 heteroatoms. The normalized spacial score (nSPS) is 12.6. The first kappa shape index (κ1) is 11.5. The average molecular weight is 260 g/mol. The van der Waals surface area contributed by atoms with Gasteiger partial charge in [0, 0.05) is 0 Å². The molecular formula is C10H14BrNO2. The minimum atomic E-state index is -0.375. The van der Waals surface area contributed by atoms with Crippen molar-refractivity contribution in [1.82, 2.24) is 0 Å². The Labute approximate surface area is 92.0 Å². The molecule has 0 spiro atoms. The van der Waals surface area contributed by atoms with Crippen LogP contribution in [-0.2, 0) is 0 Å². The van der Waals surface area contributed by atoms with E-state index >= 15 is 0 Å². The lowest BCUT2D eigenvalue weighted by molar-refractivity contribution is 0.267. The molecule has 0 fully saturated rings. The van der Waals surface area contributed by atoms with Crippen LogP contribution in [0.4, 0.5) is 0 Å². The monoisotopic (exact) mass is 259 g/mol. The number of ether oxygens (including phenoxy) is 1. The van der Waals surface area contributed by atoms with Crippen molar-refractivity contribution in [3.05, 3.63) is 27.7 Å². The van der Waals surface area contributed by atoms with Gasteiger partial charge in [-0.15, -0.1) is 0 Å². The van der Waals surface area contributed by atoms with E-state index in [1.165, 1.54) is 0 Å². The van der Waals surface area contributed by atoms with E-state index in [0.29, 0.717) is 0 Å². The van der Waals surface area contributed by atoms with Crippen LogP contribution in [0.5, 0.6) is 5.75 Å². The molecule has 3 nitrogen and oxygen atoms in total. The predicted molar refractivity (Wildman–Crippen MR) is 59.4 cm³/mol. The molecule has 0 heterocycles. The van der Waals surface area contributed by atoms with Crippen molar-refractivity contribution in [3.63, 3.8) is 0 Å². The van der Waals surface area contributed by atoms with Crippen LogP contribution in [0, 0.1) is 6.92 Å². The second-order valence-electron chi connectivity index (χ2n) is 3.10. The van der Waals surface area contributed by atoms with Crippen LogP contribution in [0.2, 0.25) is 0 Å². The Hall–Kier alpha value is -0.580. The lowest BCUT2D eigenvalue weighted by atomic mass is 10.0. The van der Waals surface area contributed by atoms with Crippen molar-refractivity contribution in [3.8, 4) is 5.75 Å². The molecule has 3 N–H and O–H groups in total. The zero-order chi connectivity index (χ0) is 10.7. The number of benzene rings is 1. The number of methoxy groups -OCH3 is 1. The maximum absolute atomic E-state index is 9.01. The van der Waals surface area contributed by atoms with Crippen molar-refractivity contribution in [2.75, 3.05) is 13.7 Å². The van der Waals surface area contributed by atoms with Gasteiger partial charge >= 0.3 is 0 Å². The summed E-state index contributed by atoms with van der Waals surface area (Å²) in [6.07, 6.45) is 0. The number of hydrogen-bond acceptors (Lipinski definition) is 3. The maximum atomic E-state index is 9.01. The van der Waals surface area contributed by atoms with Crippen LogP contribution >= 0.6 is 15.9 Å². The molecule has 1 aromatic rings. The standard InChI is InChI=1S/C10H14BrNO2/c1-6-3-4-8(14-2)10(11)9(6)7(12)5-13/h3-4,7,13H,5,12H2,1-2H3. The highest BCUT2D eigenvalue weighted by atomic mass is 79.9. The summed E-state index contributed by atoms with van der Waals surface area (Å²) in [6.45, 7) is 1.88. The lowest BCUT2D eigenvalue weighted by Crippen LogP contribution is -2.16. The van der Waals surface area contributed by atoms with Gasteiger partial charge in [0.1, 0.15) is 5.75 Å². The Morgan fingerprint density at radius 3 is 2.71 bits per heavy atom. The number of aliphatic hydroxyl groups is 1. The number of aliphatic hydroxyl groups excluding tert-OH is 1. The van der Waals surface area contributed by atoms with Gasteiger partial charge in [-0.3, -0.25) is 0 Å². The summed E-state index contributed by atoms with van der Waals surface area (Å²) in [7, 11) is 1.60. The smallest absolute Gasteiger partial charge is 0.133 e. The summed E-state index contributed by atoms with van der Waals surface area (Å²) in [5.74, 6) is 0.731. The molecule has 0 aromatic heterocycles. The third-order valence-corrected chi connectivity index (χ3v) is 2.97.